The van der Waals surface area contributed by atoms with Gasteiger partial charge in [0.2, 0.25) is 0 Å². The summed E-state index contributed by atoms with van der Waals surface area (Å²) in [5.74, 6) is -0.403. The van der Waals surface area contributed by atoms with Gasteiger partial charge in [-0.25, -0.2) is 4.68 Å². The van der Waals surface area contributed by atoms with Crippen molar-refractivity contribution in [1.82, 2.24) is 14.7 Å². The number of carboxylic acid groups (broad SMARTS) is 1. The minimum absolute atomic E-state index is 0.191. The summed E-state index contributed by atoms with van der Waals surface area (Å²) in [5.41, 5.74) is 1.03. The summed E-state index contributed by atoms with van der Waals surface area (Å²) in [7, 11) is 1.58. The molecule has 2 aromatic rings. The molecule has 0 saturated carbocycles. The lowest BCUT2D eigenvalue weighted by Crippen LogP contribution is -2.35. The van der Waals surface area contributed by atoms with E-state index in [4.69, 9.17) is 4.74 Å². The quantitative estimate of drug-likeness (QED) is 0.919. The molecule has 0 bridgehead atoms. The number of methoxy groups -OCH3 is 1. The van der Waals surface area contributed by atoms with Gasteiger partial charge in [0.05, 0.1) is 30.0 Å². The molecule has 1 saturated heterocycles. The lowest BCUT2D eigenvalue weighted by molar-refractivity contribution is -0.147. The molecule has 1 aliphatic rings. The van der Waals surface area contributed by atoms with Crippen LogP contribution in [-0.4, -0.2) is 51.9 Å². The van der Waals surface area contributed by atoms with Crippen LogP contribution in [0.4, 0.5) is 0 Å². The molecular formula is C18H21N3O4. The number of amides is 1. The Hall–Kier alpha value is -2.83. The third kappa shape index (κ3) is 2.86. The number of carboxylic acids is 1. The van der Waals surface area contributed by atoms with Crippen molar-refractivity contribution in [3.63, 3.8) is 0 Å². The number of likely N-dealkylation sites (tertiary alicyclic amines) is 1. The SMILES string of the molecule is COc1ccccc1-n1ncc(C(=O)N2CCC(C)(C(=O)O)C2)c1C. The van der Waals surface area contributed by atoms with Crippen molar-refractivity contribution in [3.8, 4) is 11.4 Å². The number of rotatable bonds is 4. The van der Waals surface area contributed by atoms with Crippen molar-refractivity contribution in [1.29, 1.82) is 0 Å². The van der Waals surface area contributed by atoms with Gasteiger partial charge < -0.3 is 14.7 Å². The van der Waals surface area contributed by atoms with Gasteiger partial charge in [-0.3, -0.25) is 9.59 Å². The number of carbonyl (C=O) groups is 2. The Morgan fingerprint density at radius 2 is 2.04 bits per heavy atom. The molecule has 1 atom stereocenters. The second-order valence-electron chi connectivity index (χ2n) is 6.57. The molecule has 0 aliphatic carbocycles. The van der Waals surface area contributed by atoms with E-state index in [1.54, 1.807) is 23.6 Å². The molecule has 0 spiro atoms. The van der Waals surface area contributed by atoms with Crippen LogP contribution in [0.1, 0.15) is 29.4 Å². The number of ether oxygens (including phenoxy) is 1. The van der Waals surface area contributed by atoms with Gasteiger partial charge in [-0.2, -0.15) is 5.10 Å². The third-order valence-electron chi connectivity index (χ3n) is 4.83. The van der Waals surface area contributed by atoms with E-state index in [-0.39, 0.29) is 12.5 Å². The number of aliphatic carboxylic acids is 1. The molecule has 1 fully saturated rings. The molecule has 0 radical (unpaired) electrons. The second kappa shape index (κ2) is 6.23. The Bertz CT molecular complexity index is 829. The van der Waals surface area contributed by atoms with Crippen molar-refractivity contribution >= 4 is 11.9 Å². The van der Waals surface area contributed by atoms with Gasteiger partial charge in [-0.15, -0.1) is 0 Å². The monoisotopic (exact) mass is 343 g/mol. The van der Waals surface area contributed by atoms with E-state index in [1.807, 2.05) is 31.2 Å². The zero-order chi connectivity index (χ0) is 18.2. The second-order valence-corrected chi connectivity index (χ2v) is 6.57. The lowest BCUT2D eigenvalue weighted by Gasteiger charge is -2.20. The van der Waals surface area contributed by atoms with Crippen LogP contribution in [0, 0.1) is 12.3 Å². The summed E-state index contributed by atoms with van der Waals surface area (Å²) >= 11 is 0. The Balaban J connectivity index is 1.89. The van der Waals surface area contributed by atoms with Crippen LogP contribution < -0.4 is 4.74 Å². The highest BCUT2D eigenvalue weighted by atomic mass is 16.5. The summed E-state index contributed by atoms with van der Waals surface area (Å²) in [6.07, 6.45) is 1.98. The molecule has 7 nitrogen and oxygen atoms in total. The van der Waals surface area contributed by atoms with Gasteiger partial charge in [-0.1, -0.05) is 12.1 Å². The fourth-order valence-corrected chi connectivity index (χ4v) is 3.15. The lowest BCUT2D eigenvalue weighted by atomic mass is 9.90. The summed E-state index contributed by atoms with van der Waals surface area (Å²) in [6, 6.07) is 7.44. The molecule has 3 rings (SSSR count). The van der Waals surface area contributed by atoms with E-state index < -0.39 is 11.4 Å². The van der Waals surface area contributed by atoms with Crippen molar-refractivity contribution in [3.05, 3.63) is 41.7 Å². The number of hydrogen-bond donors (Lipinski definition) is 1. The average Bonchev–Trinajstić information content (AvgIpc) is 3.18. The Morgan fingerprint density at radius 1 is 1.32 bits per heavy atom. The Kier molecular flexibility index (Phi) is 4.24. The molecule has 132 valence electrons. The zero-order valence-electron chi connectivity index (χ0n) is 14.5. The average molecular weight is 343 g/mol. The first-order valence-electron chi connectivity index (χ1n) is 8.08. The van der Waals surface area contributed by atoms with Crippen LogP contribution in [0.3, 0.4) is 0 Å². The number of aromatic nitrogens is 2. The van der Waals surface area contributed by atoms with Gasteiger partial charge in [0, 0.05) is 13.1 Å². The van der Waals surface area contributed by atoms with E-state index in [0.29, 0.717) is 30.0 Å². The zero-order valence-corrected chi connectivity index (χ0v) is 14.5. The highest BCUT2D eigenvalue weighted by molar-refractivity contribution is 5.96. The topological polar surface area (TPSA) is 84.7 Å². The Labute approximate surface area is 145 Å². The summed E-state index contributed by atoms with van der Waals surface area (Å²) < 4.78 is 7.02. The number of para-hydroxylation sites is 2. The van der Waals surface area contributed by atoms with Crippen LogP contribution in [0.25, 0.3) is 5.69 Å². The van der Waals surface area contributed by atoms with E-state index in [0.717, 1.165) is 5.69 Å². The van der Waals surface area contributed by atoms with E-state index >= 15 is 0 Å². The minimum atomic E-state index is -0.887. The smallest absolute Gasteiger partial charge is 0.311 e. The number of hydrogen-bond acceptors (Lipinski definition) is 4. The number of benzene rings is 1. The van der Waals surface area contributed by atoms with E-state index in [2.05, 4.69) is 5.10 Å². The highest BCUT2D eigenvalue weighted by Gasteiger charge is 2.42. The minimum Gasteiger partial charge on any atom is -0.494 e. The highest BCUT2D eigenvalue weighted by Crippen LogP contribution is 2.32. The van der Waals surface area contributed by atoms with Gasteiger partial charge in [0.25, 0.3) is 5.91 Å². The molecule has 1 N–H and O–H groups in total. The molecule has 1 aliphatic heterocycles. The standard InChI is InChI=1S/C18H21N3O4/c1-12-13(16(22)20-9-8-18(2,11-20)17(23)24)10-19-21(12)14-6-4-5-7-15(14)25-3/h4-7,10H,8-9,11H2,1-3H3,(H,23,24). The maximum atomic E-state index is 12.8. The largest absolute Gasteiger partial charge is 0.494 e. The van der Waals surface area contributed by atoms with E-state index in [9.17, 15) is 14.7 Å². The fourth-order valence-electron chi connectivity index (χ4n) is 3.15. The summed E-state index contributed by atoms with van der Waals surface area (Å²) in [6.45, 7) is 4.13. The third-order valence-corrected chi connectivity index (χ3v) is 4.83. The van der Waals surface area contributed by atoms with Crippen molar-refractivity contribution < 1.29 is 19.4 Å². The first-order chi connectivity index (χ1) is 11.9. The number of nitrogens with zero attached hydrogens (tertiary/aromatic N) is 3. The number of carbonyl (C=O) groups excluding carboxylic acids is 1. The van der Waals surface area contributed by atoms with Gasteiger partial charge in [0.15, 0.2) is 0 Å². The molecule has 1 amide bonds. The molecule has 1 unspecified atom stereocenters. The Morgan fingerprint density at radius 3 is 2.68 bits per heavy atom. The van der Waals surface area contributed by atoms with Gasteiger partial charge in [0.1, 0.15) is 11.4 Å². The van der Waals surface area contributed by atoms with Crippen molar-refractivity contribution in [2.75, 3.05) is 20.2 Å². The van der Waals surface area contributed by atoms with Crippen LogP contribution in [0.2, 0.25) is 0 Å². The van der Waals surface area contributed by atoms with Crippen molar-refractivity contribution in [2.24, 2.45) is 5.41 Å². The molecule has 7 heteroatoms. The molecule has 2 heterocycles. The van der Waals surface area contributed by atoms with Crippen LogP contribution in [0.15, 0.2) is 30.5 Å². The predicted molar refractivity (Wildman–Crippen MR) is 91.1 cm³/mol. The normalized spacial score (nSPS) is 19.9. The maximum absolute atomic E-state index is 12.8. The fraction of sp³-hybridized carbons (Fsp3) is 0.389. The predicted octanol–water partition coefficient (Wildman–Crippen LogP) is 2.13. The molecule has 1 aromatic carbocycles. The van der Waals surface area contributed by atoms with Gasteiger partial charge >= 0.3 is 5.97 Å². The summed E-state index contributed by atoms with van der Waals surface area (Å²) in [5, 5.41) is 13.7. The summed E-state index contributed by atoms with van der Waals surface area (Å²) in [4.78, 5) is 25.8. The first kappa shape index (κ1) is 17.0. The molecular weight excluding hydrogens is 322 g/mol. The van der Waals surface area contributed by atoms with Crippen molar-refractivity contribution in [2.45, 2.75) is 20.3 Å². The maximum Gasteiger partial charge on any atom is 0.311 e. The molecule has 25 heavy (non-hydrogen) atoms. The first-order valence-corrected chi connectivity index (χ1v) is 8.08. The van der Waals surface area contributed by atoms with Crippen LogP contribution in [-0.2, 0) is 4.79 Å². The van der Waals surface area contributed by atoms with E-state index in [1.165, 1.54) is 6.20 Å². The molecule has 1 aromatic heterocycles. The van der Waals surface area contributed by atoms with Gasteiger partial charge in [-0.05, 0) is 32.4 Å². The van der Waals surface area contributed by atoms with Crippen LogP contribution in [0.5, 0.6) is 5.75 Å². The van der Waals surface area contributed by atoms with Crippen LogP contribution >= 0.6 is 0 Å².